The summed E-state index contributed by atoms with van der Waals surface area (Å²) in [6.45, 7) is 0. The second-order valence-corrected chi connectivity index (χ2v) is 6.47. The molecule has 0 bridgehead atoms. The third kappa shape index (κ3) is 4.49. The van der Waals surface area contributed by atoms with Gasteiger partial charge in [-0.3, -0.25) is 4.79 Å². The number of hydrogen-bond acceptors (Lipinski definition) is 5. The number of rotatable bonds is 4. The Balaban J connectivity index is 1.58. The van der Waals surface area contributed by atoms with Crippen LogP contribution in [0, 0.1) is 0 Å². The summed E-state index contributed by atoms with van der Waals surface area (Å²) < 4.78 is 0. The van der Waals surface area contributed by atoms with Gasteiger partial charge in [0, 0.05) is 16.1 Å². The molecule has 0 radical (unpaired) electrons. The fourth-order valence-electron chi connectivity index (χ4n) is 2.57. The van der Waals surface area contributed by atoms with Crippen molar-refractivity contribution in [1.29, 1.82) is 0 Å². The van der Waals surface area contributed by atoms with Crippen LogP contribution in [0.25, 0.3) is 0 Å². The molecule has 2 aromatic carbocycles. The molecule has 1 aliphatic rings. The highest BCUT2D eigenvalue weighted by molar-refractivity contribution is 6.33. The number of phenols is 1. The number of nitrogens with zero attached hydrogens (tertiary/aromatic N) is 1. The second kappa shape index (κ2) is 7.84. The number of phenolic OH excluding ortho intramolecular Hbond substituents is 1. The first-order valence-corrected chi connectivity index (χ1v) is 8.36. The third-order valence-corrected chi connectivity index (χ3v) is 4.39. The highest BCUT2D eigenvalue weighted by Crippen LogP contribution is 2.30. The average Bonchev–Trinajstić information content (AvgIpc) is 3.07. The first-order chi connectivity index (χ1) is 12.0. The van der Waals surface area contributed by atoms with E-state index in [4.69, 9.17) is 23.2 Å². The Hall–Kier alpha value is -2.12. The van der Waals surface area contributed by atoms with Crippen LogP contribution in [-0.4, -0.2) is 23.3 Å². The fourth-order valence-corrected chi connectivity index (χ4v) is 3.00. The quantitative estimate of drug-likeness (QED) is 0.486. The zero-order valence-corrected chi connectivity index (χ0v) is 14.6. The molecule has 0 aromatic heterocycles. The zero-order valence-electron chi connectivity index (χ0n) is 13.0. The summed E-state index contributed by atoms with van der Waals surface area (Å²) in [5.74, 6) is -0.136. The Bertz CT molecular complexity index is 813. The molecule has 2 atom stereocenters. The minimum Gasteiger partial charge on any atom is -0.508 e. The summed E-state index contributed by atoms with van der Waals surface area (Å²) in [6.07, 6.45) is 1.97. The van der Waals surface area contributed by atoms with Gasteiger partial charge in [0.1, 0.15) is 11.8 Å². The van der Waals surface area contributed by atoms with E-state index in [0.717, 1.165) is 5.56 Å². The Labute approximate surface area is 154 Å². The molecule has 1 amide bonds. The third-order valence-electron chi connectivity index (χ3n) is 3.81. The first kappa shape index (κ1) is 17.7. The summed E-state index contributed by atoms with van der Waals surface area (Å²) in [7, 11) is 0. The number of amides is 1. The number of carbonyl (C=O) groups is 1. The number of nitrogens with one attached hydrogen (secondary N) is 3. The van der Waals surface area contributed by atoms with Crippen molar-refractivity contribution in [2.24, 2.45) is 5.10 Å². The maximum atomic E-state index is 12.2. The molecule has 0 aliphatic carbocycles. The summed E-state index contributed by atoms with van der Waals surface area (Å²) >= 11 is 12.2. The van der Waals surface area contributed by atoms with Crippen molar-refractivity contribution in [3.63, 3.8) is 0 Å². The van der Waals surface area contributed by atoms with Gasteiger partial charge in [0.05, 0.1) is 6.21 Å². The van der Waals surface area contributed by atoms with E-state index in [1.54, 1.807) is 42.5 Å². The van der Waals surface area contributed by atoms with E-state index in [-0.39, 0.29) is 17.7 Å². The normalized spacial score (nSPS) is 20.1. The molecule has 6 nitrogen and oxygen atoms in total. The van der Waals surface area contributed by atoms with Crippen molar-refractivity contribution < 1.29 is 9.90 Å². The van der Waals surface area contributed by atoms with Crippen LogP contribution in [0.5, 0.6) is 5.75 Å². The molecule has 4 N–H and O–H groups in total. The molecule has 2 unspecified atom stereocenters. The van der Waals surface area contributed by atoms with Crippen LogP contribution >= 0.6 is 23.2 Å². The smallest absolute Gasteiger partial charge is 0.258 e. The lowest BCUT2D eigenvalue weighted by Gasteiger charge is -2.12. The van der Waals surface area contributed by atoms with Crippen LogP contribution in [-0.2, 0) is 4.79 Å². The Morgan fingerprint density at radius 2 is 2.08 bits per heavy atom. The molecule has 0 saturated carbocycles. The molecular weight excluding hydrogens is 363 g/mol. The molecule has 130 valence electrons. The van der Waals surface area contributed by atoms with E-state index in [0.29, 0.717) is 22.0 Å². The van der Waals surface area contributed by atoms with Gasteiger partial charge in [-0.2, -0.15) is 5.10 Å². The van der Waals surface area contributed by atoms with Gasteiger partial charge in [0.2, 0.25) is 0 Å². The van der Waals surface area contributed by atoms with Gasteiger partial charge in [0.15, 0.2) is 0 Å². The van der Waals surface area contributed by atoms with Gasteiger partial charge < -0.3 is 5.11 Å². The van der Waals surface area contributed by atoms with Crippen molar-refractivity contribution in [1.82, 2.24) is 16.3 Å². The number of hydrazone groups is 1. The van der Waals surface area contributed by atoms with Gasteiger partial charge in [-0.25, -0.2) is 16.3 Å². The lowest BCUT2D eigenvalue weighted by atomic mass is 10.0. The number of hydrogen-bond donors (Lipinski definition) is 4. The van der Waals surface area contributed by atoms with E-state index in [9.17, 15) is 9.90 Å². The molecule has 0 spiro atoms. The second-order valence-electron chi connectivity index (χ2n) is 5.62. The van der Waals surface area contributed by atoms with Gasteiger partial charge in [0.25, 0.3) is 5.91 Å². The number of carbonyl (C=O) groups excluding carboxylic acids is 1. The molecular formula is C17H16Cl2N4O2. The van der Waals surface area contributed by atoms with Crippen molar-refractivity contribution in [2.45, 2.75) is 18.5 Å². The predicted molar refractivity (Wildman–Crippen MR) is 97.7 cm³/mol. The topological polar surface area (TPSA) is 85.8 Å². The number of aromatic hydroxyl groups is 1. The molecule has 1 fully saturated rings. The molecule has 1 aliphatic heterocycles. The minimum atomic E-state index is -0.457. The average molecular weight is 379 g/mol. The van der Waals surface area contributed by atoms with Crippen molar-refractivity contribution in [3.8, 4) is 5.75 Å². The molecule has 8 heteroatoms. The van der Waals surface area contributed by atoms with Crippen molar-refractivity contribution in [3.05, 3.63) is 63.6 Å². The van der Waals surface area contributed by atoms with Crippen LogP contribution in [0.4, 0.5) is 0 Å². The Kier molecular flexibility index (Phi) is 5.55. The lowest BCUT2D eigenvalue weighted by molar-refractivity contribution is -0.122. The lowest BCUT2D eigenvalue weighted by Crippen LogP contribution is -2.41. The number of halogens is 2. The number of hydrazine groups is 1. The molecule has 25 heavy (non-hydrogen) atoms. The maximum absolute atomic E-state index is 12.2. The summed E-state index contributed by atoms with van der Waals surface area (Å²) in [4.78, 5) is 12.2. The van der Waals surface area contributed by atoms with E-state index < -0.39 is 6.04 Å². The summed E-state index contributed by atoms with van der Waals surface area (Å²) in [6, 6.07) is 11.2. The van der Waals surface area contributed by atoms with E-state index >= 15 is 0 Å². The predicted octanol–water partition coefficient (Wildman–Crippen LogP) is 2.76. The van der Waals surface area contributed by atoms with Gasteiger partial charge >= 0.3 is 0 Å². The summed E-state index contributed by atoms with van der Waals surface area (Å²) in [5, 5.41) is 14.5. The molecule has 3 rings (SSSR count). The SMILES string of the molecule is O=C(N/N=C\c1cccc(O)c1)C1CC(c2cc(Cl)ccc2Cl)NN1. The van der Waals surface area contributed by atoms with Crippen LogP contribution in [0.1, 0.15) is 23.6 Å². The van der Waals surface area contributed by atoms with Gasteiger partial charge in [-0.1, -0.05) is 35.3 Å². The van der Waals surface area contributed by atoms with Gasteiger partial charge in [-0.15, -0.1) is 0 Å². The van der Waals surface area contributed by atoms with Crippen LogP contribution in [0.2, 0.25) is 10.0 Å². The highest BCUT2D eigenvalue weighted by Gasteiger charge is 2.31. The van der Waals surface area contributed by atoms with Crippen LogP contribution in [0.15, 0.2) is 47.6 Å². The number of benzene rings is 2. The molecule has 1 heterocycles. The molecule has 1 saturated heterocycles. The summed E-state index contributed by atoms with van der Waals surface area (Å²) in [5.41, 5.74) is 9.97. The van der Waals surface area contributed by atoms with Crippen molar-refractivity contribution >= 4 is 35.3 Å². The van der Waals surface area contributed by atoms with E-state index in [1.807, 2.05) is 0 Å². The van der Waals surface area contributed by atoms with E-state index in [2.05, 4.69) is 21.4 Å². The Morgan fingerprint density at radius 3 is 2.88 bits per heavy atom. The van der Waals surface area contributed by atoms with E-state index in [1.165, 1.54) is 6.21 Å². The monoisotopic (exact) mass is 378 g/mol. The van der Waals surface area contributed by atoms with Crippen LogP contribution in [0.3, 0.4) is 0 Å². The largest absolute Gasteiger partial charge is 0.508 e. The highest BCUT2D eigenvalue weighted by atomic mass is 35.5. The first-order valence-electron chi connectivity index (χ1n) is 7.61. The maximum Gasteiger partial charge on any atom is 0.258 e. The zero-order chi connectivity index (χ0) is 17.8. The Morgan fingerprint density at radius 1 is 1.24 bits per heavy atom. The minimum absolute atomic E-state index is 0.128. The van der Waals surface area contributed by atoms with Crippen LogP contribution < -0.4 is 16.3 Å². The van der Waals surface area contributed by atoms with Gasteiger partial charge in [-0.05, 0) is 47.9 Å². The standard InChI is InChI=1S/C17H16Cl2N4O2/c18-11-4-5-14(19)13(7-11)15-8-16(22-21-15)17(25)23-20-9-10-2-1-3-12(24)6-10/h1-7,9,15-16,21-22,24H,8H2,(H,23,25)/b20-9-. The fraction of sp³-hybridized carbons (Fsp3) is 0.176. The molecule has 2 aromatic rings. The van der Waals surface area contributed by atoms with Crippen molar-refractivity contribution in [2.75, 3.05) is 0 Å².